The summed E-state index contributed by atoms with van der Waals surface area (Å²) in [5, 5.41) is 68.7. The van der Waals surface area contributed by atoms with E-state index in [0.717, 1.165) is 12.1 Å². The normalized spacial score (nSPS) is 39.4. The summed E-state index contributed by atoms with van der Waals surface area (Å²) in [6, 6.07) is 5.41. The zero-order valence-corrected chi connectivity index (χ0v) is 48.9. The number of aliphatic hydroxyl groups excluding tert-OH is 3. The summed E-state index contributed by atoms with van der Waals surface area (Å²) in [7, 11) is 8.59. The Morgan fingerprint density at radius 3 is 2.26 bits per heavy atom. The van der Waals surface area contributed by atoms with E-state index < -0.39 is 127 Å². The van der Waals surface area contributed by atoms with Crippen LogP contribution < -0.4 is 0 Å². The summed E-state index contributed by atoms with van der Waals surface area (Å²) in [5.41, 5.74) is -1.86. The van der Waals surface area contributed by atoms with Gasteiger partial charge in [0.2, 0.25) is 0 Å². The topological polar surface area (TPSA) is 223 Å². The average molecular weight is 1110 g/mol. The second-order valence-corrected chi connectivity index (χ2v) is 24.0. The number of hydrogen-bond donors (Lipinski definition) is 5. The number of aromatic nitrogens is 3. The van der Waals surface area contributed by atoms with Crippen molar-refractivity contribution in [2.24, 2.45) is 17.8 Å². The fraction of sp³-hybridized carbons (Fsp3) is 0.807. The Kier molecular flexibility index (Phi) is 22.0. The van der Waals surface area contributed by atoms with Crippen molar-refractivity contribution in [3.8, 4) is 0 Å². The van der Waals surface area contributed by atoms with E-state index in [1.54, 1.807) is 54.7 Å². The van der Waals surface area contributed by atoms with Gasteiger partial charge >= 0.3 is 5.97 Å². The van der Waals surface area contributed by atoms with E-state index in [1.165, 1.54) is 25.8 Å². The van der Waals surface area contributed by atoms with Crippen molar-refractivity contribution in [3.63, 3.8) is 0 Å². The summed E-state index contributed by atoms with van der Waals surface area (Å²) in [4.78, 5) is 20.4. The lowest BCUT2D eigenvalue weighted by atomic mass is 9.77. The summed E-state index contributed by atoms with van der Waals surface area (Å²) in [6.45, 7) is 18.4. The number of carbonyl (C=O) groups excluding carboxylic acids is 1. The quantitative estimate of drug-likeness (QED) is 0.139. The highest BCUT2D eigenvalue weighted by molar-refractivity contribution is 5.73. The molecule has 1 aromatic carbocycles. The van der Waals surface area contributed by atoms with Gasteiger partial charge in [0.1, 0.15) is 54.7 Å². The summed E-state index contributed by atoms with van der Waals surface area (Å²) in [5.74, 6) is -3.07. The van der Waals surface area contributed by atoms with Crippen LogP contribution >= 0.6 is 0 Å². The molecule has 2 aromatic rings. The number of rotatable bonds is 16. The van der Waals surface area contributed by atoms with E-state index in [-0.39, 0.29) is 37.6 Å². The van der Waals surface area contributed by atoms with Gasteiger partial charge in [0, 0.05) is 70.9 Å². The minimum Gasteiger partial charge on any atom is -0.459 e. The van der Waals surface area contributed by atoms with E-state index in [1.807, 2.05) is 74.0 Å². The fourth-order valence-electron chi connectivity index (χ4n) is 12.5. The van der Waals surface area contributed by atoms with E-state index in [0.29, 0.717) is 49.2 Å². The van der Waals surface area contributed by atoms with E-state index in [4.69, 9.17) is 33.2 Å². The van der Waals surface area contributed by atoms with Crippen LogP contribution in [0.2, 0.25) is 0 Å². The second kappa shape index (κ2) is 26.8. The number of alkyl halides is 1. The molecule has 5 heterocycles. The van der Waals surface area contributed by atoms with Crippen molar-refractivity contribution in [2.45, 2.75) is 210 Å². The van der Waals surface area contributed by atoms with Crippen LogP contribution in [0.1, 0.15) is 130 Å². The Morgan fingerprint density at radius 1 is 0.962 bits per heavy atom. The fourth-order valence-corrected chi connectivity index (χ4v) is 12.5. The first-order valence-electron chi connectivity index (χ1n) is 28.0. The molecule has 0 radical (unpaired) electrons. The first-order valence-corrected chi connectivity index (χ1v) is 28.0. The molecule has 3 saturated heterocycles. The van der Waals surface area contributed by atoms with Crippen LogP contribution in [0, 0.1) is 17.8 Å². The third-order valence-electron chi connectivity index (χ3n) is 17.6. The van der Waals surface area contributed by atoms with E-state index in [2.05, 4.69) is 10.3 Å². The van der Waals surface area contributed by atoms with Gasteiger partial charge in [-0.2, -0.15) is 0 Å². The third kappa shape index (κ3) is 14.5. The molecule has 444 valence electrons. The van der Waals surface area contributed by atoms with Gasteiger partial charge in [-0.25, -0.2) is 13.5 Å². The predicted octanol–water partition coefficient (Wildman–Crippen LogP) is 5.02. The smallest absolute Gasteiger partial charge is 0.311 e. The van der Waals surface area contributed by atoms with Crippen molar-refractivity contribution in [2.75, 3.05) is 68.2 Å². The minimum atomic E-state index is -1.86. The lowest BCUT2D eigenvalue weighted by Crippen LogP contribution is -2.61. The van der Waals surface area contributed by atoms with Crippen LogP contribution in [-0.2, 0) is 44.4 Å². The summed E-state index contributed by atoms with van der Waals surface area (Å²) < 4.78 is 75.5. The molecule has 78 heavy (non-hydrogen) atoms. The number of ether oxygens (including phenoxy) is 7. The molecule has 20 atom stereocenters. The highest BCUT2D eigenvalue weighted by Gasteiger charge is 2.53. The van der Waals surface area contributed by atoms with Gasteiger partial charge in [0.15, 0.2) is 12.6 Å². The largest absolute Gasteiger partial charge is 0.459 e. The zero-order valence-electron chi connectivity index (χ0n) is 48.9. The maximum absolute atomic E-state index is 15.0. The van der Waals surface area contributed by atoms with Gasteiger partial charge in [-0.05, 0) is 118 Å². The molecule has 0 bridgehead atoms. The molecule has 0 unspecified atom stereocenters. The molecular weight excluding hydrogens is 1010 g/mol. The van der Waals surface area contributed by atoms with Crippen LogP contribution in [0.5, 0.6) is 0 Å². The van der Waals surface area contributed by atoms with Crippen molar-refractivity contribution < 1.29 is 72.3 Å². The van der Waals surface area contributed by atoms with Gasteiger partial charge in [0.25, 0.3) is 0 Å². The average Bonchev–Trinajstić information content (AvgIpc) is 3.89. The molecule has 0 amide bonds. The minimum absolute atomic E-state index is 0.0773. The number of methoxy groups -OCH3 is 2. The van der Waals surface area contributed by atoms with Gasteiger partial charge in [-0.15, -0.1) is 5.10 Å². The number of hydrogen-bond acceptors (Lipinski definition) is 18. The maximum atomic E-state index is 15.0. The van der Waals surface area contributed by atoms with Crippen LogP contribution in [0.3, 0.4) is 0 Å². The highest BCUT2D eigenvalue weighted by Crippen LogP contribution is 2.41. The zero-order chi connectivity index (χ0) is 57.8. The molecule has 0 saturated carbocycles. The molecule has 3 fully saturated rings. The Bertz CT molecular complexity index is 2260. The Hall–Kier alpha value is -3.13. The molecule has 6 rings (SSSR count). The number of halogens is 2. The molecule has 21 heteroatoms. The van der Waals surface area contributed by atoms with Crippen LogP contribution in [0.15, 0.2) is 36.3 Å². The standard InChI is InChI=1S/C57H94F2N6O13/c1-16-45-57(10,71)50(67)36(6)64(13)29-32(2)26-55(8,70)52(34(4)48(35(5)53(69)76-45)77-46-27-56(9,73-15)51(68)37(7)75-46)78-54-47(66)43(25-33(3)74-54)63(12)24-21-40-30-65(61-60-40)44(28-58)49(72-14)39-19-17-38(18-20-39)41-22-23-62(11)31-42(41)59/h17-20,30,32-37,43-52,54,66-68,70-71H,16,21-29,31H2,1-15H3/t32-,33-,34+,35-,36-,37+,43+,44-,45-,46+,47-,48+,49-,50-,51+,52-,54+,55-,56-,57-/m1/s1. The van der Waals surface area contributed by atoms with Gasteiger partial charge in [-0.3, -0.25) is 9.69 Å². The molecule has 0 spiro atoms. The molecule has 1 aromatic heterocycles. The van der Waals surface area contributed by atoms with Crippen LogP contribution in [-0.4, -0.2) is 220 Å². The number of likely N-dealkylation sites (N-methyl/N-ethyl adjacent to an activating group) is 3. The number of aliphatic hydroxyl groups is 5. The highest BCUT2D eigenvalue weighted by atomic mass is 19.1. The SMILES string of the molecule is CC[C@H]1OC(=O)[C@H](C)[C@@H](O[C@H]2C[C@@](C)(OC)[C@@H](O)[C@H](C)O2)[C@H](C)[C@@H](O[C@@H]2O[C@H](C)C[C@H](N(C)CCc3cn([C@H](CF)[C@H](OC)c4ccc(C5=C(F)CN(C)CC5)cc4)nn3)[C@H]2O)[C@](C)(O)C[C@@H](C)CN(C)[C@H](C)[C@@H](O)[C@]1(C)O. The predicted molar refractivity (Wildman–Crippen MR) is 288 cm³/mol. The van der Waals surface area contributed by atoms with Crippen molar-refractivity contribution in [3.05, 3.63) is 53.1 Å². The number of esters is 1. The number of nitrogens with zero attached hydrogens (tertiary/aromatic N) is 6. The number of carbonyl (C=O) groups is 1. The van der Waals surface area contributed by atoms with Gasteiger partial charge in [0.05, 0.1) is 53.8 Å². The number of cyclic esters (lactones) is 1. The lowest BCUT2D eigenvalue weighted by Gasteiger charge is -2.49. The first-order chi connectivity index (χ1) is 36.6. The van der Waals surface area contributed by atoms with Gasteiger partial charge < -0.3 is 68.5 Å². The van der Waals surface area contributed by atoms with Crippen molar-refractivity contribution in [1.29, 1.82) is 0 Å². The van der Waals surface area contributed by atoms with Gasteiger partial charge in [-0.1, -0.05) is 50.3 Å². The summed E-state index contributed by atoms with van der Waals surface area (Å²) in [6.07, 6.45) is -7.63. The maximum Gasteiger partial charge on any atom is 0.311 e. The Labute approximate surface area is 461 Å². The molecule has 4 aliphatic heterocycles. The van der Waals surface area contributed by atoms with Crippen molar-refractivity contribution in [1.82, 2.24) is 29.7 Å². The monoisotopic (exact) mass is 1110 g/mol. The van der Waals surface area contributed by atoms with E-state index >= 15 is 0 Å². The lowest BCUT2D eigenvalue weighted by molar-refractivity contribution is -0.318. The van der Waals surface area contributed by atoms with E-state index in [9.17, 15) is 39.1 Å². The molecule has 19 nitrogen and oxygen atoms in total. The first kappa shape index (κ1) is 64.0. The van der Waals surface area contributed by atoms with Crippen LogP contribution in [0.25, 0.3) is 5.57 Å². The third-order valence-corrected chi connectivity index (χ3v) is 17.6. The number of benzene rings is 1. The molecule has 0 aliphatic carbocycles. The molecule has 4 aliphatic rings. The second-order valence-electron chi connectivity index (χ2n) is 24.0. The Balaban J connectivity index is 1.24. The van der Waals surface area contributed by atoms with Crippen LogP contribution in [0.4, 0.5) is 8.78 Å². The molecular formula is C57H94F2N6O13. The Morgan fingerprint density at radius 2 is 1.64 bits per heavy atom. The summed E-state index contributed by atoms with van der Waals surface area (Å²) >= 11 is 0. The van der Waals surface area contributed by atoms with Crippen molar-refractivity contribution >= 4 is 11.5 Å². The molecule has 5 N–H and O–H groups in total.